The lowest BCUT2D eigenvalue weighted by Gasteiger charge is -2.36. The van der Waals surface area contributed by atoms with Crippen molar-refractivity contribution in [1.29, 1.82) is 0 Å². The Labute approximate surface area is 181 Å². The third-order valence-electron chi connectivity index (χ3n) is 6.15. The van der Waals surface area contributed by atoms with E-state index in [0.29, 0.717) is 22.0 Å². The van der Waals surface area contributed by atoms with Crippen LogP contribution in [0.15, 0.2) is 36.5 Å². The lowest BCUT2D eigenvalue weighted by atomic mass is 9.77. The summed E-state index contributed by atoms with van der Waals surface area (Å²) in [6.07, 6.45) is 5.08. The van der Waals surface area contributed by atoms with Crippen LogP contribution >= 0.6 is 11.6 Å². The number of aromatic nitrogens is 3. The van der Waals surface area contributed by atoms with E-state index >= 15 is 0 Å². The molecule has 2 N–H and O–H groups in total. The van der Waals surface area contributed by atoms with Gasteiger partial charge in [-0.05, 0) is 57.6 Å². The minimum Gasteiger partial charge on any atom is -0.390 e. The van der Waals surface area contributed by atoms with Gasteiger partial charge in [-0.15, -0.1) is 0 Å². The number of hydrogen-bond donors (Lipinski definition) is 2. The Morgan fingerprint density at radius 2 is 1.90 bits per heavy atom. The van der Waals surface area contributed by atoms with Crippen LogP contribution in [0.25, 0.3) is 22.3 Å². The first-order valence-corrected chi connectivity index (χ1v) is 10.7. The Hall–Kier alpha value is -2.44. The van der Waals surface area contributed by atoms with Crippen molar-refractivity contribution in [3.63, 3.8) is 0 Å². The molecule has 1 amide bonds. The van der Waals surface area contributed by atoms with Crippen LogP contribution < -0.4 is 5.32 Å². The Balaban J connectivity index is 1.49. The zero-order valence-corrected chi connectivity index (χ0v) is 18.3. The summed E-state index contributed by atoms with van der Waals surface area (Å²) in [5, 5.41) is 19.2. The van der Waals surface area contributed by atoms with Crippen molar-refractivity contribution in [2.24, 2.45) is 13.0 Å². The maximum atomic E-state index is 12.7. The van der Waals surface area contributed by atoms with Crippen LogP contribution in [0.4, 0.5) is 0 Å². The highest BCUT2D eigenvalue weighted by Crippen LogP contribution is 2.33. The zero-order valence-electron chi connectivity index (χ0n) is 17.5. The summed E-state index contributed by atoms with van der Waals surface area (Å²) in [5.41, 5.74) is 2.03. The molecule has 3 aromatic rings. The van der Waals surface area contributed by atoms with Crippen molar-refractivity contribution in [3.8, 4) is 11.4 Å². The molecule has 1 aliphatic rings. The summed E-state index contributed by atoms with van der Waals surface area (Å²) >= 11 is 6.51. The molecule has 158 valence electrons. The third kappa shape index (κ3) is 4.07. The first-order chi connectivity index (χ1) is 14.2. The number of fused-ring (bicyclic) bond motifs is 1. The molecule has 1 fully saturated rings. The van der Waals surface area contributed by atoms with Gasteiger partial charge in [0.1, 0.15) is 11.4 Å². The van der Waals surface area contributed by atoms with Crippen LogP contribution in [0.5, 0.6) is 0 Å². The molecule has 2 aromatic heterocycles. The second kappa shape index (κ2) is 8.00. The minimum atomic E-state index is -0.669. The lowest BCUT2D eigenvalue weighted by molar-refractivity contribution is -0.00257. The molecule has 0 radical (unpaired) electrons. The molecule has 0 bridgehead atoms. The van der Waals surface area contributed by atoms with Crippen molar-refractivity contribution in [2.45, 2.75) is 51.2 Å². The van der Waals surface area contributed by atoms with Gasteiger partial charge in [0.25, 0.3) is 5.91 Å². The lowest BCUT2D eigenvalue weighted by Crippen LogP contribution is -2.41. The molecule has 7 heteroatoms. The number of hydrogen-bond acceptors (Lipinski definition) is 4. The quantitative estimate of drug-likeness (QED) is 0.650. The molecular weight excluding hydrogens is 400 g/mol. The average Bonchev–Trinajstić information content (AvgIpc) is 3.04. The zero-order chi connectivity index (χ0) is 21.5. The molecule has 1 aromatic carbocycles. The summed E-state index contributed by atoms with van der Waals surface area (Å²) in [6.45, 7) is 3.72. The molecule has 0 spiro atoms. The number of para-hydroxylation sites is 1. The largest absolute Gasteiger partial charge is 0.390 e. The van der Waals surface area contributed by atoms with Crippen molar-refractivity contribution >= 4 is 28.4 Å². The van der Waals surface area contributed by atoms with Gasteiger partial charge in [0.2, 0.25) is 0 Å². The van der Waals surface area contributed by atoms with Crippen molar-refractivity contribution in [2.75, 3.05) is 0 Å². The van der Waals surface area contributed by atoms with Crippen LogP contribution in [-0.4, -0.2) is 37.4 Å². The smallest absolute Gasteiger partial charge is 0.253 e. The van der Waals surface area contributed by atoms with Crippen molar-refractivity contribution in [1.82, 2.24) is 20.1 Å². The number of aliphatic hydroxyl groups is 1. The van der Waals surface area contributed by atoms with E-state index in [1.807, 2.05) is 45.2 Å². The standard InChI is InChI=1S/C23H27ClN4O2/c1-23(2,30)15-8-10-16(11-9-15)26-22(29)14-12-18(24)21(25-13-14)20-17-6-4-5-7-19(17)28(3)27-20/h4-7,12-13,15-16,30H,8-11H2,1-3H3,(H,26,29). The number of benzene rings is 1. The van der Waals surface area contributed by atoms with E-state index in [-0.39, 0.29) is 17.9 Å². The van der Waals surface area contributed by atoms with Gasteiger partial charge in [0.05, 0.1) is 21.7 Å². The molecule has 30 heavy (non-hydrogen) atoms. The highest BCUT2D eigenvalue weighted by atomic mass is 35.5. The van der Waals surface area contributed by atoms with Gasteiger partial charge in [0, 0.05) is 24.7 Å². The second-order valence-electron chi connectivity index (χ2n) is 8.72. The SMILES string of the molecule is Cn1nc(-c2ncc(C(=O)NC3CCC(C(C)(C)O)CC3)cc2Cl)c2ccccc21. The van der Waals surface area contributed by atoms with E-state index in [0.717, 1.165) is 36.6 Å². The fourth-order valence-corrected chi connectivity index (χ4v) is 4.59. The molecular formula is C23H27ClN4O2. The highest BCUT2D eigenvalue weighted by Gasteiger charge is 2.32. The Bertz CT molecular complexity index is 1080. The van der Waals surface area contributed by atoms with Gasteiger partial charge in [-0.2, -0.15) is 5.10 Å². The van der Waals surface area contributed by atoms with Crippen molar-refractivity contribution < 1.29 is 9.90 Å². The summed E-state index contributed by atoms with van der Waals surface area (Å²) in [6, 6.07) is 9.66. The number of aryl methyl sites for hydroxylation is 1. The summed E-state index contributed by atoms with van der Waals surface area (Å²) in [5.74, 6) is 0.0998. The molecule has 1 aliphatic carbocycles. The van der Waals surface area contributed by atoms with Gasteiger partial charge < -0.3 is 10.4 Å². The molecule has 0 aliphatic heterocycles. The predicted octanol–water partition coefficient (Wildman–Crippen LogP) is 4.35. The van der Waals surface area contributed by atoms with E-state index in [2.05, 4.69) is 15.4 Å². The van der Waals surface area contributed by atoms with E-state index < -0.39 is 5.60 Å². The molecule has 1 saturated carbocycles. The van der Waals surface area contributed by atoms with Crippen LogP contribution in [-0.2, 0) is 7.05 Å². The van der Waals surface area contributed by atoms with E-state index in [1.165, 1.54) is 0 Å². The van der Waals surface area contributed by atoms with Crippen molar-refractivity contribution in [3.05, 3.63) is 47.1 Å². The fraction of sp³-hybridized carbons (Fsp3) is 0.435. The number of carbonyl (C=O) groups is 1. The van der Waals surface area contributed by atoms with Gasteiger partial charge in [0.15, 0.2) is 0 Å². The summed E-state index contributed by atoms with van der Waals surface area (Å²) < 4.78 is 1.80. The number of nitrogens with zero attached hydrogens (tertiary/aromatic N) is 3. The van der Waals surface area contributed by atoms with E-state index in [4.69, 9.17) is 11.6 Å². The van der Waals surface area contributed by atoms with Gasteiger partial charge in [-0.25, -0.2) is 0 Å². The van der Waals surface area contributed by atoms with E-state index in [9.17, 15) is 9.90 Å². The summed E-state index contributed by atoms with van der Waals surface area (Å²) in [7, 11) is 1.88. The Kier molecular flexibility index (Phi) is 5.55. The highest BCUT2D eigenvalue weighted by molar-refractivity contribution is 6.33. The number of carbonyl (C=O) groups excluding carboxylic acids is 1. The number of amides is 1. The molecule has 2 heterocycles. The number of rotatable bonds is 4. The number of halogens is 1. The molecule has 0 saturated heterocycles. The Morgan fingerprint density at radius 3 is 2.57 bits per heavy atom. The minimum absolute atomic E-state index is 0.106. The van der Waals surface area contributed by atoms with Gasteiger partial charge in [-0.3, -0.25) is 14.5 Å². The first kappa shape index (κ1) is 20.8. The first-order valence-electron chi connectivity index (χ1n) is 10.3. The van der Waals surface area contributed by atoms with Gasteiger partial charge in [-0.1, -0.05) is 29.8 Å². The third-order valence-corrected chi connectivity index (χ3v) is 6.44. The maximum Gasteiger partial charge on any atom is 0.253 e. The summed E-state index contributed by atoms with van der Waals surface area (Å²) in [4.78, 5) is 17.2. The normalized spacial score (nSPS) is 19.8. The van der Waals surface area contributed by atoms with Crippen LogP contribution in [0.3, 0.4) is 0 Å². The topological polar surface area (TPSA) is 80.0 Å². The van der Waals surface area contributed by atoms with Gasteiger partial charge >= 0.3 is 0 Å². The second-order valence-corrected chi connectivity index (χ2v) is 9.13. The Morgan fingerprint density at radius 1 is 1.20 bits per heavy atom. The predicted molar refractivity (Wildman–Crippen MR) is 118 cm³/mol. The fourth-order valence-electron chi connectivity index (χ4n) is 4.34. The molecule has 0 unspecified atom stereocenters. The average molecular weight is 427 g/mol. The molecule has 0 atom stereocenters. The van der Waals surface area contributed by atoms with Crippen LogP contribution in [0, 0.1) is 5.92 Å². The number of nitrogens with one attached hydrogen (secondary N) is 1. The monoisotopic (exact) mass is 426 g/mol. The molecule has 6 nitrogen and oxygen atoms in total. The number of pyridine rings is 1. The molecule has 4 rings (SSSR count). The van der Waals surface area contributed by atoms with Crippen LogP contribution in [0.1, 0.15) is 49.9 Å². The van der Waals surface area contributed by atoms with E-state index in [1.54, 1.807) is 16.9 Å². The maximum absolute atomic E-state index is 12.7. The van der Waals surface area contributed by atoms with Crippen LogP contribution in [0.2, 0.25) is 5.02 Å².